The van der Waals surface area contributed by atoms with Gasteiger partial charge < -0.3 is 4.74 Å². The van der Waals surface area contributed by atoms with Gasteiger partial charge in [-0.15, -0.1) is 0 Å². The van der Waals surface area contributed by atoms with Crippen LogP contribution in [0.3, 0.4) is 0 Å². The van der Waals surface area contributed by atoms with Crippen LogP contribution in [0.4, 0.5) is 0 Å². The van der Waals surface area contributed by atoms with Crippen molar-refractivity contribution in [2.45, 2.75) is 20.8 Å². The first kappa shape index (κ1) is 29.3. The first-order valence-corrected chi connectivity index (χ1v) is 26.6. The van der Waals surface area contributed by atoms with Gasteiger partial charge in [-0.2, -0.15) is 0 Å². The lowest BCUT2D eigenvalue weighted by atomic mass is 9.88. The predicted octanol–water partition coefficient (Wildman–Crippen LogP) is 19.7. The molecule has 12 aromatic carbocycles. The number of hydrogen-bond donors (Lipinski definition) is 0. The molecule has 0 radical (unpaired) electrons. The fourth-order valence-electron chi connectivity index (χ4n) is 10.6. The normalized spacial score (nSPS) is 16.1. The molecule has 0 amide bonds. The highest BCUT2D eigenvalue weighted by Crippen LogP contribution is 2.42. The fourth-order valence-corrected chi connectivity index (χ4v) is 10.6. The average Bonchev–Trinajstić information content (AvgIpc) is 1.26. The van der Waals surface area contributed by atoms with E-state index in [1.807, 2.05) is 83.8 Å². The van der Waals surface area contributed by atoms with Crippen LogP contribution in [-0.4, -0.2) is 18.7 Å². The van der Waals surface area contributed by atoms with Crippen LogP contribution in [0.1, 0.15) is 55.1 Å². The summed E-state index contributed by atoms with van der Waals surface area (Å²) in [6.07, 6.45) is 6.87. The van der Waals surface area contributed by atoms with Crippen molar-refractivity contribution in [2.24, 2.45) is 0 Å². The van der Waals surface area contributed by atoms with Gasteiger partial charge in [-0.25, -0.2) is 4.98 Å². The van der Waals surface area contributed by atoms with E-state index >= 15 is 0 Å². The van der Waals surface area contributed by atoms with Gasteiger partial charge in [0.25, 0.3) is 6.33 Å². The zero-order valence-corrected chi connectivity index (χ0v) is 45.2. The Labute approximate surface area is 534 Å². The Bertz CT molecular complexity index is 6200. The largest absolute Gasteiger partial charge is 0.458 e. The predicted molar refractivity (Wildman–Crippen MR) is 348 cm³/mol. The van der Waals surface area contributed by atoms with E-state index in [2.05, 4.69) is 6.33 Å². The Morgan fingerprint density at radius 2 is 0.976 bits per heavy atom. The summed E-state index contributed by atoms with van der Waals surface area (Å²) in [6.45, 7) is 5.31. The molecule has 0 aliphatic heterocycles. The summed E-state index contributed by atoms with van der Waals surface area (Å²) in [5.74, 6) is 1.17. The highest BCUT2D eigenvalue weighted by atomic mass is 16.5. The maximum atomic E-state index is 10.5. The molecule has 0 spiro atoms. The van der Waals surface area contributed by atoms with Gasteiger partial charge >= 0.3 is 0 Å². The molecule has 3 heterocycles. The lowest BCUT2D eigenvalue weighted by Crippen LogP contribution is -2.31. The molecule has 0 atom stereocenters. The summed E-state index contributed by atoms with van der Waals surface area (Å²) in [6, 6.07) is 3.90. The highest BCUT2D eigenvalue weighted by Gasteiger charge is 2.23. The van der Waals surface area contributed by atoms with Crippen LogP contribution >= 0.6 is 0 Å². The van der Waals surface area contributed by atoms with E-state index in [-0.39, 0.29) is 28.0 Å². The summed E-state index contributed by atoms with van der Waals surface area (Å²) in [5.41, 5.74) is -6.99. The minimum absolute atomic E-state index is 0.0124. The number of aryl methyl sites for hydroxylation is 2. The van der Waals surface area contributed by atoms with Gasteiger partial charge in [-0.3, -0.25) is 18.3 Å². The Kier molecular flexibility index (Phi) is 7.35. The number of imidazole rings is 2. The van der Waals surface area contributed by atoms with E-state index in [0.29, 0.717) is 11.7 Å². The fraction of sp³-hybridized carbons (Fsp3) is 0.0380. The van der Waals surface area contributed by atoms with E-state index in [4.69, 9.17) is 24.8 Å². The molecular weight excluding hydrogens is 1030 g/mol. The van der Waals surface area contributed by atoms with Crippen molar-refractivity contribution in [3.63, 3.8) is 0 Å². The molecule has 0 unspecified atom stereocenters. The smallest absolute Gasteiger partial charge is 0.269 e. The molecule has 0 saturated heterocycles. The summed E-state index contributed by atoms with van der Waals surface area (Å²) >= 11 is 0. The molecule has 6 heteroatoms. The molecule has 6 nitrogen and oxygen atoms in total. The number of ether oxygens (including phenoxy) is 1. The van der Waals surface area contributed by atoms with Crippen molar-refractivity contribution in [1.29, 1.82) is 0 Å². The van der Waals surface area contributed by atoms with Crippen molar-refractivity contribution in [2.75, 3.05) is 0 Å². The second kappa shape index (κ2) is 21.3. The molecular formula is C79H57N5O. The van der Waals surface area contributed by atoms with Crippen molar-refractivity contribution >= 4 is 32.8 Å². The van der Waals surface area contributed by atoms with Crippen LogP contribution in [0.5, 0.6) is 11.5 Å². The number of rotatable bonds is 12. The maximum Gasteiger partial charge on any atom is 0.269 e. The number of aromatic nitrogens is 5. The SMILES string of the molecule is [2H]c1c([2H])c([2H])c(-c2c([2H])c(-c3c([2H])c([2H])c([2H])c([2H])c3[2H])c([2H])c(-c3c([2H])c([2H])c([2H])c(-c4c([2H])c(-c5c([2H])c([2H])c([2H])c([2H])c5[2H])c([2H])c(-c5c([2H])c([2H])c(C)c([2H])c5[2H])c4[2H])c3-[n+]3[c-]n(-c4cccc(Oc5ccc6c7ccccc7n(-c7nccn7-c7c(C)cccc7C)c6c5)c4)c4ccccc43)c2[2H])c([2H])c1[2H]. The third-order valence-corrected chi connectivity index (χ3v) is 14.3. The van der Waals surface area contributed by atoms with Gasteiger partial charge in [0.1, 0.15) is 11.5 Å². The molecule has 0 aliphatic carbocycles. The Morgan fingerprint density at radius 1 is 0.447 bits per heavy atom. The van der Waals surface area contributed by atoms with Crippen LogP contribution in [0.15, 0.2) is 291 Å². The molecule has 0 saturated carbocycles. The van der Waals surface area contributed by atoms with Crippen LogP contribution in [0.2, 0.25) is 0 Å². The Morgan fingerprint density at radius 3 is 1.60 bits per heavy atom. The first-order chi connectivity index (χ1) is 53.6. The van der Waals surface area contributed by atoms with Crippen LogP contribution in [0.25, 0.3) is 123 Å². The molecule has 0 aliphatic rings. The number of fused-ring (bicyclic) bond motifs is 4. The number of hydrogen-bond acceptors (Lipinski definition) is 2. The van der Waals surface area contributed by atoms with Crippen molar-refractivity contribution in [3.05, 3.63) is 314 Å². The second-order valence-corrected chi connectivity index (χ2v) is 19.7. The summed E-state index contributed by atoms with van der Waals surface area (Å²) < 4.78 is 278. The zero-order valence-electron chi connectivity index (χ0n) is 73.2. The Hall–Kier alpha value is -11.1. The molecule has 0 N–H and O–H groups in total. The van der Waals surface area contributed by atoms with Crippen molar-refractivity contribution in [3.8, 4) is 101 Å². The minimum Gasteiger partial charge on any atom is -0.458 e. The van der Waals surface area contributed by atoms with E-state index < -0.39 is 242 Å². The Balaban J connectivity index is 1.08. The second-order valence-electron chi connectivity index (χ2n) is 19.7. The van der Waals surface area contributed by atoms with Gasteiger partial charge in [-0.05, 0) is 171 Å². The third kappa shape index (κ3) is 9.36. The molecule has 0 bridgehead atoms. The maximum absolute atomic E-state index is 10.5. The number of para-hydroxylation sites is 5. The molecule has 3 aromatic heterocycles. The standard InChI is InChI=1S/C79H57N5O/c1-53-36-38-59(39-37-53)63-45-62(58-26-11-6-12-27-58)48-65(49-63)70-32-19-31-69(64-46-60(56-22-7-4-8-23-56)44-61(47-64)57-24-9-5-10-25-57)78(70)83-52-82(74-34-15-16-35-75(74)83)66-28-18-29-67(50-66)85-68-40-41-72-71-30-13-14-33-73(71)84(76(72)51-68)79-80-42-43-81(79)77-54(2)20-17-21-55(77)3/h4-51H,1-3H3/i4D,5D,6D,7D,8D,9D,10D,11D,12D,19D,22D,23D,24D,25D,26D,27D,31D,32D,36D,37D,38D,39D,44D,45D,46D,47D,48D,49D. The molecule has 0 fully saturated rings. The first-order valence-electron chi connectivity index (χ1n) is 40.6. The summed E-state index contributed by atoms with van der Waals surface area (Å²) in [7, 11) is 0. The molecule has 85 heavy (non-hydrogen) atoms. The van der Waals surface area contributed by atoms with Crippen molar-refractivity contribution in [1.82, 2.24) is 18.7 Å². The number of benzene rings is 12. The van der Waals surface area contributed by atoms with Crippen LogP contribution in [-0.2, 0) is 0 Å². The lowest BCUT2D eigenvalue weighted by molar-refractivity contribution is -0.571. The van der Waals surface area contributed by atoms with E-state index in [0.717, 1.165) is 43.2 Å². The average molecular weight is 1120 g/mol. The van der Waals surface area contributed by atoms with E-state index in [1.54, 1.807) is 48.7 Å². The van der Waals surface area contributed by atoms with E-state index in [1.165, 1.54) is 23.6 Å². The molecule has 15 aromatic rings. The van der Waals surface area contributed by atoms with E-state index in [9.17, 15) is 23.3 Å². The minimum atomic E-state index is -1.18. The van der Waals surface area contributed by atoms with Gasteiger partial charge in [0.05, 0.1) is 77.5 Å². The van der Waals surface area contributed by atoms with Gasteiger partial charge in [-0.1, -0.05) is 205 Å². The highest BCUT2D eigenvalue weighted by molar-refractivity contribution is 6.09. The number of nitrogens with zero attached hydrogens (tertiary/aromatic N) is 5. The van der Waals surface area contributed by atoms with Crippen LogP contribution < -0.4 is 9.30 Å². The topological polar surface area (TPSA) is 40.8 Å². The summed E-state index contributed by atoms with van der Waals surface area (Å²) in [5, 5.41) is 1.79. The molecule has 404 valence electrons. The quantitative estimate of drug-likeness (QED) is 0.0903. The lowest BCUT2D eigenvalue weighted by Gasteiger charge is -2.20. The summed E-state index contributed by atoms with van der Waals surface area (Å²) in [4.78, 5) is 4.90. The third-order valence-electron chi connectivity index (χ3n) is 14.3. The monoisotopic (exact) mass is 1120 g/mol. The van der Waals surface area contributed by atoms with Crippen LogP contribution in [0, 0.1) is 27.1 Å². The van der Waals surface area contributed by atoms with Gasteiger partial charge in [0, 0.05) is 29.2 Å². The van der Waals surface area contributed by atoms with Gasteiger partial charge in [0.15, 0.2) is 0 Å². The van der Waals surface area contributed by atoms with Gasteiger partial charge in [0.2, 0.25) is 5.95 Å². The zero-order chi connectivity index (χ0) is 81.3. The molecule has 15 rings (SSSR count). The van der Waals surface area contributed by atoms with Crippen molar-refractivity contribution < 1.29 is 47.7 Å².